The fourth-order valence-electron chi connectivity index (χ4n) is 3.15. The smallest absolute Gasteiger partial charge is 0.255 e. The fraction of sp³-hybridized carbons (Fsp3) is 0.286. The summed E-state index contributed by atoms with van der Waals surface area (Å²) in [6, 6.07) is 8.20. The van der Waals surface area contributed by atoms with Crippen LogP contribution in [0.15, 0.2) is 53.8 Å². The van der Waals surface area contributed by atoms with Crippen molar-refractivity contribution in [3.63, 3.8) is 0 Å². The van der Waals surface area contributed by atoms with Crippen LogP contribution in [0.25, 0.3) is 5.82 Å². The van der Waals surface area contributed by atoms with Crippen LogP contribution in [0.4, 0.5) is 5.69 Å². The predicted molar refractivity (Wildman–Crippen MR) is 115 cm³/mol. The Hall–Kier alpha value is -3.04. The van der Waals surface area contributed by atoms with Crippen molar-refractivity contribution < 1.29 is 13.2 Å². The van der Waals surface area contributed by atoms with Gasteiger partial charge in [-0.1, -0.05) is 19.9 Å². The zero-order valence-corrected chi connectivity index (χ0v) is 18.3. The van der Waals surface area contributed by atoms with Gasteiger partial charge in [0.25, 0.3) is 5.91 Å². The minimum absolute atomic E-state index is 0.142. The summed E-state index contributed by atoms with van der Waals surface area (Å²) in [7, 11) is -3.66. The summed E-state index contributed by atoms with van der Waals surface area (Å²) in [6.45, 7) is 7.90. The highest BCUT2D eigenvalue weighted by Crippen LogP contribution is 2.22. The summed E-state index contributed by atoms with van der Waals surface area (Å²) in [6.07, 6.45) is 5.04. The fourth-order valence-corrected chi connectivity index (χ4v) is 4.86. The molecule has 9 heteroatoms. The number of aryl methyl sites for hydroxylation is 2. The Kier molecular flexibility index (Phi) is 6.33. The van der Waals surface area contributed by atoms with E-state index in [1.54, 1.807) is 63.6 Å². The van der Waals surface area contributed by atoms with E-state index < -0.39 is 15.9 Å². The second-order valence-corrected chi connectivity index (χ2v) is 8.68. The molecule has 1 N–H and O–H groups in total. The minimum atomic E-state index is -3.66. The maximum atomic E-state index is 12.9. The molecule has 0 fully saturated rings. The second kappa shape index (κ2) is 8.76. The van der Waals surface area contributed by atoms with Crippen LogP contribution in [-0.2, 0) is 10.0 Å². The lowest BCUT2D eigenvalue weighted by Crippen LogP contribution is -2.31. The van der Waals surface area contributed by atoms with Crippen LogP contribution in [0.5, 0.6) is 0 Å². The van der Waals surface area contributed by atoms with Crippen molar-refractivity contribution in [1.29, 1.82) is 0 Å². The third-order valence-electron chi connectivity index (χ3n) is 4.85. The normalized spacial score (nSPS) is 11.6. The van der Waals surface area contributed by atoms with Crippen molar-refractivity contribution in [3.05, 3.63) is 65.9 Å². The number of benzene rings is 1. The highest BCUT2D eigenvalue weighted by Gasteiger charge is 2.24. The van der Waals surface area contributed by atoms with Gasteiger partial charge in [0, 0.05) is 31.0 Å². The van der Waals surface area contributed by atoms with Gasteiger partial charge in [0.1, 0.15) is 11.6 Å². The molecule has 1 amide bonds. The van der Waals surface area contributed by atoms with Crippen molar-refractivity contribution in [2.24, 2.45) is 0 Å². The van der Waals surface area contributed by atoms with E-state index in [-0.39, 0.29) is 10.5 Å². The molecule has 0 aliphatic carbocycles. The Bertz CT molecular complexity index is 1150. The molecule has 0 spiro atoms. The van der Waals surface area contributed by atoms with E-state index in [1.165, 1.54) is 10.4 Å². The van der Waals surface area contributed by atoms with E-state index in [0.29, 0.717) is 30.2 Å². The Morgan fingerprint density at radius 2 is 1.83 bits per heavy atom. The van der Waals surface area contributed by atoms with E-state index in [9.17, 15) is 13.2 Å². The van der Waals surface area contributed by atoms with Crippen molar-refractivity contribution in [2.75, 3.05) is 18.4 Å². The third kappa shape index (κ3) is 4.27. The molecule has 0 saturated carbocycles. The van der Waals surface area contributed by atoms with Gasteiger partial charge < -0.3 is 5.32 Å². The van der Waals surface area contributed by atoms with Crippen LogP contribution >= 0.6 is 0 Å². The molecule has 0 bridgehead atoms. The Morgan fingerprint density at radius 1 is 1.10 bits per heavy atom. The van der Waals surface area contributed by atoms with E-state index in [1.807, 2.05) is 11.5 Å². The van der Waals surface area contributed by atoms with Crippen molar-refractivity contribution in [1.82, 2.24) is 18.8 Å². The van der Waals surface area contributed by atoms with Crippen LogP contribution in [0.1, 0.15) is 35.6 Å². The van der Waals surface area contributed by atoms with Gasteiger partial charge in [-0.3, -0.25) is 9.36 Å². The number of sulfonamides is 1. The zero-order chi connectivity index (χ0) is 21.9. The summed E-state index contributed by atoms with van der Waals surface area (Å²) in [4.78, 5) is 21.4. The van der Waals surface area contributed by atoms with Gasteiger partial charge >= 0.3 is 0 Å². The molecule has 30 heavy (non-hydrogen) atoms. The average Bonchev–Trinajstić information content (AvgIpc) is 3.15. The number of pyridine rings is 1. The number of nitrogens with one attached hydrogen (secondary N) is 1. The summed E-state index contributed by atoms with van der Waals surface area (Å²) in [5.41, 5.74) is 1.37. The molecule has 0 radical (unpaired) electrons. The molecule has 2 aromatic heterocycles. The number of imidazole rings is 1. The largest absolute Gasteiger partial charge is 0.321 e. The molecular weight excluding hydrogens is 402 g/mol. The molecule has 0 unspecified atom stereocenters. The number of carbonyl (C=O) groups is 1. The van der Waals surface area contributed by atoms with Gasteiger partial charge in [0.15, 0.2) is 0 Å². The van der Waals surface area contributed by atoms with E-state index in [2.05, 4.69) is 15.3 Å². The highest BCUT2D eigenvalue weighted by atomic mass is 32.2. The topological polar surface area (TPSA) is 97.2 Å². The molecular formula is C21H25N5O3S. The van der Waals surface area contributed by atoms with Crippen LogP contribution in [0.3, 0.4) is 0 Å². The number of amides is 1. The van der Waals surface area contributed by atoms with Crippen molar-refractivity contribution in [3.8, 4) is 5.82 Å². The van der Waals surface area contributed by atoms with Gasteiger partial charge in [-0.05, 0) is 43.7 Å². The highest BCUT2D eigenvalue weighted by molar-refractivity contribution is 7.89. The standard InChI is InChI=1S/C21H25N5O3S/c1-5-25(6-2)30(28,29)19-13-17(8-7-15(19)3)21(27)24-18-9-10-20(23-14-18)26-12-11-22-16(26)4/h7-14H,5-6H2,1-4H3,(H,24,27). The lowest BCUT2D eigenvalue weighted by molar-refractivity contribution is 0.102. The van der Waals surface area contributed by atoms with Gasteiger partial charge in [0.05, 0.1) is 16.8 Å². The third-order valence-corrected chi connectivity index (χ3v) is 7.04. The molecule has 0 atom stereocenters. The van der Waals surface area contributed by atoms with Gasteiger partial charge in [-0.2, -0.15) is 4.31 Å². The summed E-state index contributed by atoms with van der Waals surface area (Å²) >= 11 is 0. The van der Waals surface area contributed by atoms with Crippen LogP contribution in [0.2, 0.25) is 0 Å². The maximum Gasteiger partial charge on any atom is 0.255 e. The monoisotopic (exact) mass is 427 g/mol. The molecule has 0 aliphatic heterocycles. The van der Waals surface area contributed by atoms with Crippen LogP contribution in [0, 0.1) is 13.8 Å². The molecule has 158 valence electrons. The first-order valence-electron chi connectivity index (χ1n) is 9.66. The minimum Gasteiger partial charge on any atom is -0.321 e. The van der Waals surface area contributed by atoms with E-state index in [0.717, 1.165) is 5.82 Å². The summed E-state index contributed by atoms with van der Waals surface area (Å²) in [5, 5.41) is 2.77. The number of hydrogen-bond acceptors (Lipinski definition) is 5. The Balaban J connectivity index is 1.83. The van der Waals surface area contributed by atoms with Crippen LogP contribution < -0.4 is 5.32 Å². The van der Waals surface area contributed by atoms with E-state index in [4.69, 9.17) is 0 Å². The summed E-state index contributed by atoms with van der Waals surface area (Å²) < 4.78 is 29.0. The van der Waals surface area contributed by atoms with Crippen molar-refractivity contribution >= 4 is 21.6 Å². The molecule has 3 aromatic rings. The molecule has 3 rings (SSSR count). The lowest BCUT2D eigenvalue weighted by Gasteiger charge is -2.20. The average molecular weight is 428 g/mol. The first-order chi connectivity index (χ1) is 14.3. The molecule has 0 saturated heterocycles. The number of carbonyl (C=O) groups excluding carboxylic acids is 1. The SMILES string of the molecule is CCN(CC)S(=O)(=O)c1cc(C(=O)Nc2ccc(-n3ccnc3C)nc2)ccc1C. The quantitative estimate of drug-likeness (QED) is 0.625. The number of nitrogens with zero attached hydrogens (tertiary/aromatic N) is 4. The first-order valence-corrected chi connectivity index (χ1v) is 11.1. The second-order valence-electron chi connectivity index (χ2n) is 6.77. The first kappa shape index (κ1) is 21.7. The molecule has 0 aliphatic rings. The van der Waals surface area contributed by atoms with Gasteiger partial charge in [-0.25, -0.2) is 18.4 Å². The van der Waals surface area contributed by atoms with Gasteiger partial charge in [-0.15, -0.1) is 0 Å². The number of hydrogen-bond donors (Lipinski definition) is 1. The maximum absolute atomic E-state index is 12.9. The molecule has 1 aromatic carbocycles. The number of rotatable bonds is 7. The predicted octanol–water partition coefficient (Wildman–Crippen LogP) is 3.17. The molecule has 8 nitrogen and oxygen atoms in total. The number of aromatic nitrogens is 3. The van der Waals surface area contributed by atoms with Crippen molar-refractivity contribution in [2.45, 2.75) is 32.6 Å². The van der Waals surface area contributed by atoms with Crippen LogP contribution in [-0.4, -0.2) is 46.3 Å². The Morgan fingerprint density at radius 3 is 2.40 bits per heavy atom. The number of anilines is 1. The lowest BCUT2D eigenvalue weighted by atomic mass is 10.1. The van der Waals surface area contributed by atoms with E-state index >= 15 is 0 Å². The zero-order valence-electron chi connectivity index (χ0n) is 17.5. The Labute approximate surface area is 176 Å². The molecule has 2 heterocycles. The van der Waals surface area contributed by atoms with Gasteiger partial charge in [0.2, 0.25) is 10.0 Å². The summed E-state index contributed by atoms with van der Waals surface area (Å²) in [5.74, 6) is 1.09.